The zero-order valence-electron chi connectivity index (χ0n) is 13.8. The molecule has 4 nitrogen and oxygen atoms in total. The summed E-state index contributed by atoms with van der Waals surface area (Å²) < 4.78 is 7.05. The van der Waals surface area contributed by atoms with Gasteiger partial charge >= 0.3 is 5.97 Å². The number of rotatable bonds is 6. The van der Waals surface area contributed by atoms with Crippen molar-refractivity contribution in [1.29, 1.82) is 0 Å². The number of benzene rings is 2. The van der Waals surface area contributed by atoms with Gasteiger partial charge in [-0.05, 0) is 53.8 Å². The molecule has 0 fully saturated rings. The Hall–Kier alpha value is -2.79. The van der Waals surface area contributed by atoms with Crippen molar-refractivity contribution in [1.82, 2.24) is 9.78 Å². The maximum atomic E-state index is 11.8. The Labute approximate surface area is 151 Å². The summed E-state index contributed by atoms with van der Waals surface area (Å²) in [7, 11) is 0. The van der Waals surface area contributed by atoms with Crippen molar-refractivity contribution in [2.75, 3.05) is 6.26 Å². The second-order valence-electron chi connectivity index (χ2n) is 5.33. The first-order valence-electron chi connectivity index (χ1n) is 7.82. The van der Waals surface area contributed by atoms with Crippen LogP contribution in [0.2, 0.25) is 0 Å². The standard InChI is InChI=1S/C20H18N2O2S/c1-25-19-10-5-16(6-11-19)7-12-20(23)24-15-17-3-8-18(9-4-17)22-14-2-13-21-22/h2-14H,15H2,1H3/b12-7+. The fourth-order valence-electron chi connectivity index (χ4n) is 2.25. The third-order valence-electron chi connectivity index (χ3n) is 3.61. The van der Waals surface area contributed by atoms with Crippen LogP contribution in [0.25, 0.3) is 11.8 Å². The predicted octanol–water partition coefficient (Wildman–Crippen LogP) is 4.35. The maximum Gasteiger partial charge on any atom is 0.331 e. The summed E-state index contributed by atoms with van der Waals surface area (Å²) in [6.45, 7) is 0.244. The highest BCUT2D eigenvalue weighted by Crippen LogP contribution is 2.15. The van der Waals surface area contributed by atoms with Gasteiger partial charge in [0, 0.05) is 23.4 Å². The highest BCUT2D eigenvalue weighted by molar-refractivity contribution is 7.98. The van der Waals surface area contributed by atoms with Gasteiger partial charge in [-0.15, -0.1) is 11.8 Å². The molecule has 0 unspecified atom stereocenters. The lowest BCUT2D eigenvalue weighted by atomic mass is 10.2. The van der Waals surface area contributed by atoms with E-state index in [0.29, 0.717) is 0 Å². The summed E-state index contributed by atoms with van der Waals surface area (Å²) in [5, 5.41) is 4.18. The number of hydrogen-bond acceptors (Lipinski definition) is 4. The van der Waals surface area contributed by atoms with Crippen LogP contribution in [0.1, 0.15) is 11.1 Å². The minimum Gasteiger partial charge on any atom is -0.458 e. The van der Waals surface area contributed by atoms with Crippen LogP contribution >= 0.6 is 11.8 Å². The lowest BCUT2D eigenvalue weighted by Gasteiger charge is -2.05. The zero-order valence-corrected chi connectivity index (χ0v) is 14.6. The van der Waals surface area contributed by atoms with Crippen molar-refractivity contribution in [2.24, 2.45) is 0 Å². The number of hydrogen-bond donors (Lipinski definition) is 0. The molecule has 1 aromatic heterocycles. The van der Waals surface area contributed by atoms with Crippen molar-refractivity contribution < 1.29 is 9.53 Å². The summed E-state index contributed by atoms with van der Waals surface area (Å²) in [6, 6.07) is 17.6. The van der Waals surface area contributed by atoms with E-state index in [1.165, 1.54) is 11.0 Å². The Morgan fingerprint density at radius 1 is 1.16 bits per heavy atom. The quantitative estimate of drug-likeness (QED) is 0.377. The number of aromatic nitrogens is 2. The van der Waals surface area contributed by atoms with Gasteiger partial charge in [0.25, 0.3) is 0 Å². The van der Waals surface area contributed by atoms with Crippen LogP contribution < -0.4 is 0 Å². The van der Waals surface area contributed by atoms with E-state index in [4.69, 9.17) is 4.74 Å². The first-order valence-corrected chi connectivity index (χ1v) is 9.05. The average Bonchev–Trinajstić information content (AvgIpc) is 3.20. The molecule has 0 aliphatic heterocycles. The fraction of sp³-hybridized carbons (Fsp3) is 0.100. The van der Waals surface area contributed by atoms with Crippen LogP contribution in [0.3, 0.4) is 0 Å². The first-order chi connectivity index (χ1) is 12.2. The molecule has 0 aliphatic rings. The Morgan fingerprint density at radius 2 is 1.92 bits per heavy atom. The molecule has 126 valence electrons. The van der Waals surface area contributed by atoms with Crippen molar-refractivity contribution in [3.63, 3.8) is 0 Å². The van der Waals surface area contributed by atoms with Crippen LogP contribution in [-0.2, 0) is 16.1 Å². The second kappa shape index (κ2) is 8.35. The van der Waals surface area contributed by atoms with Crippen LogP contribution in [0, 0.1) is 0 Å². The third kappa shape index (κ3) is 4.84. The van der Waals surface area contributed by atoms with Crippen LogP contribution in [-0.4, -0.2) is 22.0 Å². The molecule has 25 heavy (non-hydrogen) atoms. The minimum absolute atomic E-state index is 0.244. The molecule has 3 aromatic rings. The smallest absolute Gasteiger partial charge is 0.331 e. The van der Waals surface area contributed by atoms with E-state index in [9.17, 15) is 4.79 Å². The van der Waals surface area contributed by atoms with Gasteiger partial charge in [0.1, 0.15) is 6.61 Å². The van der Waals surface area contributed by atoms with E-state index in [2.05, 4.69) is 5.10 Å². The van der Waals surface area contributed by atoms with E-state index in [1.807, 2.05) is 67.0 Å². The Balaban J connectivity index is 1.52. The molecule has 0 saturated carbocycles. The van der Waals surface area contributed by atoms with Crippen LogP contribution in [0.15, 0.2) is 78.0 Å². The average molecular weight is 350 g/mol. The molecule has 0 amide bonds. The summed E-state index contributed by atoms with van der Waals surface area (Å²) in [4.78, 5) is 13.0. The second-order valence-corrected chi connectivity index (χ2v) is 6.21. The summed E-state index contributed by atoms with van der Waals surface area (Å²) in [5.74, 6) is -0.356. The molecular formula is C20H18N2O2S. The number of thioether (sulfide) groups is 1. The SMILES string of the molecule is CSc1ccc(/C=C/C(=O)OCc2ccc(-n3cccn3)cc2)cc1. The van der Waals surface area contributed by atoms with Gasteiger partial charge in [-0.1, -0.05) is 24.3 Å². The lowest BCUT2D eigenvalue weighted by molar-refractivity contribution is -0.138. The zero-order chi connectivity index (χ0) is 17.5. The molecule has 1 heterocycles. The van der Waals surface area contributed by atoms with E-state index >= 15 is 0 Å². The van der Waals surface area contributed by atoms with Gasteiger partial charge in [-0.2, -0.15) is 5.10 Å². The molecule has 2 aromatic carbocycles. The van der Waals surface area contributed by atoms with E-state index in [-0.39, 0.29) is 12.6 Å². The van der Waals surface area contributed by atoms with Crippen molar-refractivity contribution in [3.8, 4) is 5.69 Å². The van der Waals surface area contributed by atoms with E-state index in [0.717, 1.165) is 16.8 Å². The van der Waals surface area contributed by atoms with Crippen molar-refractivity contribution in [3.05, 3.63) is 84.2 Å². The summed E-state index contributed by atoms with van der Waals surface area (Å²) in [5.41, 5.74) is 2.87. The molecule has 5 heteroatoms. The van der Waals surface area contributed by atoms with Crippen molar-refractivity contribution in [2.45, 2.75) is 11.5 Å². The van der Waals surface area contributed by atoms with Gasteiger partial charge in [0.05, 0.1) is 5.69 Å². The monoisotopic (exact) mass is 350 g/mol. The molecule has 0 aliphatic carbocycles. The van der Waals surface area contributed by atoms with E-state index in [1.54, 1.807) is 28.7 Å². The van der Waals surface area contributed by atoms with Gasteiger partial charge < -0.3 is 4.74 Å². The molecule has 3 rings (SSSR count). The summed E-state index contributed by atoms with van der Waals surface area (Å²) >= 11 is 1.69. The molecule has 0 atom stereocenters. The first kappa shape index (κ1) is 17.0. The molecular weight excluding hydrogens is 332 g/mol. The van der Waals surface area contributed by atoms with Gasteiger partial charge in [-0.25, -0.2) is 9.48 Å². The lowest BCUT2D eigenvalue weighted by Crippen LogP contribution is -2.01. The number of esters is 1. The molecule has 0 bridgehead atoms. The fourth-order valence-corrected chi connectivity index (χ4v) is 2.66. The number of ether oxygens (including phenoxy) is 1. The van der Waals surface area contributed by atoms with Crippen LogP contribution in [0.4, 0.5) is 0 Å². The Kier molecular flexibility index (Phi) is 5.69. The van der Waals surface area contributed by atoms with Crippen molar-refractivity contribution >= 4 is 23.8 Å². The molecule has 0 radical (unpaired) electrons. The highest BCUT2D eigenvalue weighted by atomic mass is 32.2. The van der Waals surface area contributed by atoms with Crippen LogP contribution in [0.5, 0.6) is 0 Å². The topological polar surface area (TPSA) is 44.1 Å². The minimum atomic E-state index is -0.356. The molecule has 0 spiro atoms. The summed E-state index contributed by atoms with van der Waals surface area (Å²) in [6.07, 6.45) is 8.85. The molecule has 0 N–H and O–H groups in total. The number of nitrogens with zero attached hydrogens (tertiary/aromatic N) is 2. The Morgan fingerprint density at radius 3 is 2.56 bits per heavy atom. The van der Waals surface area contributed by atoms with Gasteiger partial charge in [-0.3, -0.25) is 0 Å². The largest absolute Gasteiger partial charge is 0.458 e. The molecule has 0 saturated heterocycles. The normalized spacial score (nSPS) is 10.9. The van der Waals surface area contributed by atoms with Gasteiger partial charge in [0.15, 0.2) is 0 Å². The number of carbonyl (C=O) groups is 1. The Bertz CT molecular complexity index is 838. The predicted molar refractivity (Wildman–Crippen MR) is 101 cm³/mol. The number of carbonyl (C=O) groups excluding carboxylic acids is 1. The maximum absolute atomic E-state index is 11.8. The highest BCUT2D eigenvalue weighted by Gasteiger charge is 2.01. The van der Waals surface area contributed by atoms with Gasteiger partial charge in [0.2, 0.25) is 0 Å². The van der Waals surface area contributed by atoms with E-state index < -0.39 is 0 Å². The third-order valence-corrected chi connectivity index (χ3v) is 4.36.